The highest BCUT2D eigenvalue weighted by atomic mass is 32.2. The van der Waals surface area contributed by atoms with E-state index < -0.39 is 0 Å². The van der Waals surface area contributed by atoms with Crippen LogP contribution in [0.1, 0.15) is 26.7 Å². The van der Waals surface area contributed by atoms with Crippen LogP contribution in [-0.4, -0.2) is 10.2 Å². The van der Waals surface area contributed by atoms with Crippen LogP contribution < -0.4 is 5.73 Å². The van der Waals surface area contributed by atoms with Crippen LogP contribution in [0.25, 0.3) is 0 Å². The van der Waals surface area contributed by atoms with Gasteiger partial charge in [0.05, 0.1) is 16.9 Å². The number of pyridine rings is 1. The van der Waals surface area contributed by atoms with Gasteiger partial charge in [0.15, 0.2) is 0 Å². The van der Waals surface area contributed by atoms with E-state index in [-0.39, 0.29) is 0 Å². The Morgan fingerprint density at radius 3 is 2.85 bits per heavy atom. The highest BCUT2D eigenvalue weighted by Gasteiger charge is 2.03. The SMILES string of the molecule is CCCC(C)Sc1ccc(N)cn1. The van der Waals surface area contributed by atoms with Crippen LogP contribution in [0.2, 0.25) is 0 Å². The van der Waals surface area contributed by atoms with Crippen LogP contribution in [0.4, 0.5) is 5.69 Å². The first kappa shape index (κ1) is 10.4. The van der Waals surface area contributed by atoms with E-state index in [1.54, 1.807) is 6.20 Å². The molecule has 72 valence electrons. The van der Waals surface area contributed by atoms with Crippen molar-refractivity contribution in [2.75, 3.05) is 5.73 Å². The van der Waals surface area contributed by atoms with E-state index in [4.69, 9.17) is 5.73 Å². The molecule has 0 fully saturated rings. The molecule has 0 saturated carbocycles. The Morgan fingerprint density at radius 2 is 2.31 bits per heavy atom. The van der Waals surface area contributed by atoms with Gasteiger partial charge in [-0.1, -0.05) is 20.3 Å². The summed E-state index contributed by atoms with van der Waals surface area (Å²) in [6, 6.07) is 3.88. The van der Waals surface area contributed by atoms with E-state index in [0.29, 0.717) is 5.25 Å². The third-order valence-electron chi connectivity index (χ3n) is 1.78. The van der Waals surface area contributed by atoms with Crippen molar-refractivity contribution in [1.82, 2.24) is 4.98 Å². The maximum atomic E-state index is 5.54. The normalized spacial score (nSPS) is 12.8. The number of aromatic nitrogens is 1. The third-order valence-corrected chi connectivity index (χ3v) is 2.90. The number of nitrogen functional groups attached to an aromatic ring is 1. The van der Waals surface area contributed by atoms with Crippen molar-refractivity contribution in [1.29, 1.82) is 0 Å². The fraction of sp³-hybridized carbons (Fsp3) is 0.500. The second-order valence-corrected chi connectivity index (χ2v) is 4.61. The summed E-state index contributed by atoms with van der Waals surface area (Å²) in [4.78, 5) is 4.24. The van der Waals surface area contributed by atoms with Gasteiger partial charge in [-0.3, -0.25) is 0 Å². The smallest absolute Gasteiger partial charge is 0.0964 e. The maximum absolute atomic E-state index is 5.54. The predicted octanol–water partition coefficient (Wildman–Crippen LogP) is 2.94. The monoisotopic (exact) mass is 196 g/mol. The minimum Gasteiger partial charge on any atom is -0.397 e. The topological polar surface area (TPSA) is 38.9 Å². The molecule has 1 aromatic heterocycles. The highest BCUT2D eigenvalue weighted by molar-refractivity contribution is 7.99. The summed E-state index contributed by atoms with van der Waals surface area (Å²) in [6.07, 6.45) is 4.17. The lowest BCUT2D eigenvalue weighted by Crippen LogP contribution is -1.95. The van der Waals surface area contributed by atoms with Crippen molar-refractivity contribution in [2.24, 2.45) is 0 Å². The van der Waals surface area contributed by atoms with Gasteiger partial charge in [-0.15, -0.1) is 11.8 Å². The van der Waals surface area contributed by atoms with E-state index >= 15 is 0 Å². The summed E-state index contributed by atoms with van der Waals surface area (Å²) < 4.78 is 0. The van der Waals surface area contributed by atoms with Crippen molar-refractivity contribution in [2.45, 2.75) is 37.0 Å². The van der Waals surface area contributed by atoms with Crippen LogP contribution in [-0.2, 0) is 0 Å². The number of rotatable bonds is 4. The molecule has 0 radical (unpaired) electrons. The summed E-state index contributed by atoms with van der Waals surface area (Å²) in [5, 5.41) is 1.70. The lowest BCUT2D eigenvalue weighted by Gasteiger charge is -2.08. The van der Waals surface area contributed by atoms with E-state index in [1.165, 1.54) is 12.8 Å². The quantitative estimate of drug-likeness (QED) is 0.752. The van der Waals surface area contributed by atoms with Gasteiger partial charge in [0.2, 0.25) is 0 Å². The number of nitrogens with zero attached hydrogens (tertiary/aromatic N) is 1. The Kier molecular flexibility index (Phi) is 4.09. The molecule has 1 rings (SSSR count). The van der Waals surface area contributed by atoms with E-state index in [1.807, 2.05) is 23.9 Å². The summed E-state index contributed by atoms with van der Waals surface area (Å²) in [5.74, 6) is 0. The van der Waals surface area contributed by atoms with Gasteiger partial charge in [-0.25, -0.2) is 4.98 Å². The van der Waals surface area contributed by atoms with Crippen molar-refractivity contribution in [3.63, 3.8) is 0 Å². The van der Waals surface area contributed by atoms with Crippen LogP contribution in [0, 0.1) is 0 Å². The Hall–Kier alpha value is -0.700. The molecular formula is C10H16N2S. The first-order valence-electron chi connectivity index (χ1n) is 4.60. The van der Waals surface area contributed by atoms with E-state index in [2.05, 4.69) is 18.8 Å². The molecule has 0 spiro atoms. The second kappa shape index (κ2) is 5.12. The predicted molar refractivity (Wildman–Crippen MR) is 58.9 cm³/mol. The fourth-order valence-electron chi connectivity index (χ4n) is 1.13. The first-order chi connectivity index (χ1) is 6.22. The lowest BCUT2D eigenvalue weighted by atomic mass is 10.3. The molecule has 0 saturated heterocycles. The molecule has 0 aliphatic rings. The van der Waals surface area contributed by atoms with Crippen LogP contribution in [0.3, 0.4) is 0 Å². The molecule has 2 nitrogen and oxygen atoms in total. The zero-order valence-electron chi connectivity index (χ0n) is 8.16. The number of hydrogen-bond donors (Lipinski definition) is 1. The summed E-state index contributed by atoms with van der Waals surface area (Å²) in [5.41, 5.74) is 6.27. The molecule has 2 N–H and O–H groups in total. The second-order valence-electron chi connectivity index (χ2n) is 3.15. The minimum absolute atomic E-state index is 0.640. The van der Waals surface area contributed by atoms with Crippen LogP contribution >= 0.6 is 11.8 Å². The minimum atomic E-state index is 0.640. The molecule has 0 aromatic carbocycles. The van der Waals surface area contributed by atoms with E-state index in [0.717, 1.165) is 10.7 Å². The molecule has 0 amide bonds. The van der Waals surface area contributed by atoms with Gasteiger partial charge in [-0.05, 0) is 18.6 Å². The number of nitrogens with two attached hydrogens (primary N) is 1. The summed E-state index contributed by atoms with van der Waals surface area (Å²) in [7, 11) is 0. The van der Waals surface area contributed by atoms with Crippen LogP contribution in [0.5, 0.6) is 0 Å². The highest BCUT2D eigenvalue weighted by Crippen LogP contribution is 2.24. The van der Waals surface area contributed by atoms with E-state index in [9.17, 15) is 0 Å². The lowest BCUT2D eigenvalue weighted by molar-refractivity contribution is 0.785. The van der Waals surface area contributed by atoms with Gasteiger partial charge in [0.25, 0.3) is 0 Å². The fourth-order valence-corrected chi connectivity index (χ4v) is 2.16. The van der Waals surface area contributed by atoms with Crippen LogP contribution in [0.15, 0.2) is 23.4 Å². The number of anilines is 1. The molecule has 3 heteroatoms. The number of thioether (sulfide) groups is 1. The average Bonchev–Trinajstić information content (AvgIpc) is 2.09. The Bertz CT molecular complexity index is 246. The zero-order chi connectivity index (χ0) is 9.68. The van der Waals surface area contributed by atoms with Gasteiger partial charge < -0.3 is 5.73 Å². The molecule has 1 aromatic rings. The molecule has 13 heavy (non-hydrogen) atoms. The van der Waals surface area contributed by atoms with Crippen molar-refractivity contribution >= 4 is 17.4 Å². The Morgan fingerprint density at radius 1 is 1.54 bits per heavy atom. The van der Waals surface area contributed by atoms with Gasteiger partial charge in [0.1, 0.15) is 0 Å². The molecule has 0 aliphatic heterocycles. The van der Waals surface area contributed by atoms with Gasteiger partial charge >= 0.3 is 0 Å². The largest absolute Gasteiger partial charge is 0.397 e. The van der Waals surface area contributed by atoms with Crippen molar-refractivity contribution in [3.05, 3.63) is 18.3 Å². The summed E-state index contributed by atoms with van der Waals surface area (Å²) >= 11 is 1.81. The molecule has 1 atom stereocenters. The average molecular weight is 196 g/mol. The number of hydrogen-bond acceptors (Lipinski definition) is 3. The standard InChI is InChI=1S/C10H16N2S/c1-3-4-8(2)13-10-6-5-9(11)7-12-10/h5-8H,3-4,11H2,1-2H3. The Labute approximate surface area is 83.9 Å². The van der Waals surface area contributed by atoms with Crippen molar-refractivity contribution < 1.29 is 0 Å². The summed E-state index contributed by atoms with van der Waals surface area (Å²) in [6.45, 7) is 4.43. The first-order valence-corrected chi connectivity index (χ1v) is 5.48. The molecule has 1 unspecified atom stereocenters. The Balaban J connectivity index is 2.49. The molecule has 0 bridgehead atoms. The van der Waals surface area contributed by atoms with Gasteiger partial charge in [-0.2, -0.15) is 0 Å². The molecular weight excluding hydrogens is 180 g/mol. The van der Waals surface area contributed by atoms with Crippen molar-refractivity contribution in [3.8, 4) is 0 Å². The zero-order valence-corrected chi connectivity index (χ0v) is 8.97. The third kappa shape index (κ3) is 3.68. The maximum Gasteiger partial charge on any atom is 0.0964 e. The van der Waals surface area contributed by atoms with Gasteiger partial charge in [0, 0.05) is 5.25 Å². The molecule has 0 aliphatic carbocycles. The molecule has 1 heterocycles.